The predicted molar refractivity (Wildman–Crippen MR) is 62.4 cm³/mol. The molecule has 7 nitrogen and oxygen atoms in total. The van der Waals surface area contributed by atoms with Gasteiger partial charge in [-0.25, -0.2) is 13.4 Å². The quantitative estimate of drug-likeness (QED) is 0.734. The SMILES string of the molecule is Cn1cnc(S(=O)(=O)N(CCC#N)CCC#N)c1. The van der Waals surface area contributed by atoms with Crippen LogP contribution in [0.25, 0.3) is 0 Å². The summed E-state index contributed by atoms with van der Waals surface area (Å²) < 4.78 is 27.0. The van der Waals surface area contributed by atoms with Gasteiger partial charge >= 0.3 is 0 Å². The highest BCUT2D eigenvalue weighted by Gasteiger charge is 2.25. The van der Waals surface area contributed by atoms with E-state index in [9.17, 15) is 8.42 Å². The highest BCUT2D eigenvalue weighted by atomic mass is 32.2. The first kappa shape index (κ1) is 14.2. The van der Waals surface area contributed by atoms with Crippen LogP contribution in [0.15, 0.2) is 17.6 Å². The molecule has 0 bridgehead atoms. The Hall–Kier alpha value is -1.90. The molecule has 0 saturated heterocycles. The number of sulfonamides is 1. The third-order valence-corrected chi connectivity index (χ3v) is 4.02. The van der Waals surface area contributed by atoms with Crippen LogP contribution in [0, 0.1) is 22.7 Å². The molecule has 8 heteroatoms. The Morgan fingerprint density at radius 3 is 2.28 bits per heavy atom. The lowest BCUT2D eigenvalue weighted by molar-refractivity contribution is 0.423. The number of hydrogen-bond acceptors (Lipinski definition) is 5. The van der Waals surface area contributed by atoms with Gasteiger partial charge < -0.3 is 4.57 Å². The summed E-state index contributed by atoms with van der Waals surface area (Å²) in [4.78, 5) is 3.79. The number of imidazole rings is 1. The van der Waals surface area contributed by atoms with Gasteiger partial charge in [-0.1, -0.05) is 0 Å². The topological polar surface area (TPSA) is 103 Å². The average molecular weight is 267 g/mol. The average Bonchev–Trinajstić information content (AvgIpc) is 2.76. The zero-order chi connectivity index (χ0) is 13.6. The molecular formula is C10H13N5O2S. The molecule has 1 rings (SSSR count). The van der Waals surface area contributed by atoms with E-state index in [0.717, 1.165) is 4.31 Å². The summed E-state index contributed by atoms with van der Waals surface area (Å²) in [5, 5.41) is 17.0. The third kappa shape index (κ3) is 3.29. The van der Waals surface area contributed by atoms with E-state index in [-0.39, 0.29) is 31.0 Å². The number of aryl methyl sites for hydroxylation is 1. The predicted octanol–water partition coefficient (Wildman–Crippen LogP) is 0.238. The summed E-state index contributed by atoms with van der Waals surface area (Å²) in [5.41, 5.74) is 0. The second-order valence-corrected chi connectivity index (χ2v) is 5.48. The fraction of sp³-hybridized carbons (Fsp3) is 0.500. The second kappa shape index (κ2) is 6.15. The van der Waals surface area contributed by atoms with Crippen LogP contribution < -0.4 is 0 Å². The number of aromatic nitrogens is 2. The van der Waals surface area contributed by atoms with E-state index in [2.05, 4.69) is 4.98 Å². The van der Waals surface area contributed by atoms with Crippen molar-refractivity contribution in [1.82, 2.24) is 13.9 Å². The van der Waals surface area contributed by atoms with E-state index in [1.165, 1.54) is 17.1 Å². The van der Waals surface area contributed by atoms with Gasteiger partial charge in [0.15, 0.2) is 5.03 Å². The summed E-state index contributed by atoms with van der Waals surface area (Å²) >= 11 is 0. The smallest absolute Gasteiger partial charge is 0.262 e. The first-order valence-electron chi connectivity index (χ1n) is 5.24. The van der Waals surface area contributed by atoms with Crippen LogP contribution in [0.1, 0.15) is 12.8 Å². The number of nitrogens with zero attached hydrogens (tertiary/aromatic N) is 5. The number of nitriles is 2. The van der Waals surface area contributed by atoms with Gasteiger partial charge in [0, 0.05) is 39.2 Å². The molecule has 0 spiro atoms. The van der Waals surface area contributed by atoms with Crippen molar-refractivity contribution in [1.29, 1.82) is 10.5 Å². The lowest BCUT2D eigenvalue weighted by Crippen LogP contribution is -2.33. The van der Waals surface area contributed by atoms with Crippen molar-refractivity contribution >= 4 is 10.0 Å². The minimum atomic E-state index is -3.73. The molecule has 0 aliphatic carbocycles. The van der Waals surface area contributed by atoms with Crippen LogP contribution in [0.3, 0.4) is 0 Å². The van der Waals surface area contributed by atoms with E-state index >= 15 is 0 Å². The Labute approximate surface area is 106 Å². The molecule has 1 aromatic heterocycles. The van der Waals surface area contributed by atoms with Gasteiger partial charge in [-0.2, -0.15) is 14.8 Å². The Balaban J connectivity index is 2.96. The zero-order valence-corrected chi connectivity index (χ0v) is 10.8. The van der Waals surface area contributed by atoms with E-state index in [1.807, 2.05) is 12.1 Å². The summed E-state index contributed by atoms with van der Waals surface area (Å²) in [5.74, 6) is 0. The maximum absolute atomic E-state index is 12.2. The van der Waals surface area contributed by atoms with Gasteiger partial charge in [-0.05, 0) is 0 Å². The number of hydrogen-bond donors (Lipinski definition) is 0. The van der Waals surface area contributed by atoms with Crippen LogP contribution in [0.4, 0.5) is 0 Å². The van der Waals surface area contributed by atoms with Crippen molar-refractivity contribution in [3.63, 3.8) is 0 Å². The largest absolute Gasteiger partial charge is 0.339 e. The van der Waals surface area contributed by atoms with Crippen LogP contribution >= 0.6 is 0 Å². The highest BCUT2D eigenvalue weighted by molar-refractivity contribution is 7.89. The molecule has 0 amide bonds. The standard InChI is InChI=1S/C10H13N5O2S/c1-14-8-10(13-9-14)18(16,17)15(6-2-4-11)7-3-5-12/h8-9H,2-3,6-7H2,1H3. The fourth-order valence-electron chi connectivity index (χ4n) is 1.36. The monoisotopic (exact) mass is 267 g/mol. The molecule has 0 unspecified atom stereocenters. The molecule has 18 heavy (non-hydrogen) atoms. The molecule has 96 valence electrons. The normalized spacial score (nSPS) is 11.1. The highest BCUT2D eigenvalue weighted by Crippen LogP contribution is 2.13. The molecule has 0 fully saturated rings. The Morgan fingerprint density at radius 2 is 1.89 bits per heavy atom. The minimum absolute atomic E-state index is 0.0666. The van der Waals surface area contributed by atoms with E-state index in [0.29, 0.717) is 0 Å². The van der Waals surface area contributed by atoms with Crippen molar-refractivity contribution in [2.45, 2.75) is 17.9 Å². The van der Waals surface area contributed by atoms with Gasteiger partial charge in [0.25, 0.3) is 10.0 Å². The summed E-state index contributed by atoms with van der Waals surface area (Å²) in [6.07, 6.45) is 2.94. The molecule has 0 N–H and O–H groups in total. The third-order valence-electron chi connectivity index (χ3n) is 2.23. The molecule has 1 aromatic rings. The van der Waals surface area contributed by atoms with E-state index < -0.39 is 10.0 Å². The van der Waals surface area contributed by atoms with Crippen LogP contribution in [0.5, 0.6) is 0 Å². The summed E-state index contributed by atoms with van der Waals surface area (Å²) in [6.45, 7) is 0.133. The molecule has 0 radical (unpaired) electrons. The lowest BCUT2D eigenvalue weighted by Gasteiger charge is -2.18. The lowest BCUT2D eigenvalue weighted by atomic mass is 10.4. The first-order valence-corrected chi connectivity index (χ1v) is 6.68. The van der Waals surface area contributed by atoms with Gasteiger partial charge in [-0.15, -0.1) is 0 Å². The van der Waals surface area contributed by atoms with Crippen molar-refractivity contribution in [2.75, 3.05) is 13.1 Å². The maximum Gasteiger partial charge on any atom is 0.262 e. The Kier molecular flexibility index (Phi) is 4.84. The zero-order valence-electron chi connectivity index (χ0n) is 9.94. The fourth-order valence-corrected chi connectivity index (χ4v) is 2.76. The second-order valence-electron chi connectivity index (χ2n) is 3.60. The molecule has 0 aliphatic heterocycles. The van der Waals surface area contributed by atoms with E-state index in [1.54, 1.807) is 7.05 Å². The molecule has 1 heterocycles. The van der Waals surface area contributed by atoms with Gasteiger partial charge in [-0.3, -0.25) is 0 Å². The summed E-state index contributed by atoms with van der Waals surface area (Å²) in [7, 11) is -2.06. The minimum Gasteiger partial charge on any atom is -0.339 e. The first-order chi connectivity index (χ1) is 8.52. The molecule has 0 aliphatic rings. The van der Waals surface area contributed by atoms with Gasteiger partial charge in [0.05, 0.1) is 18.5 Å². The van der Waals surface area contributed by atoms with Gasteiger partial charge in [0.2, 0.25) is 0 Å². The van der Waals surface area contributed by atoms with Crippen LogP contribution in [0.2, 0.25) is 0 Å². The molecular weight excluding hydrogens is 254 g/mol. The van der Waals surface area contributed by atoms with Crippen molar-refractivity contribution in [2.24, 2.45) is 7.05 Å². The molecule has 0 atom stereocenters. The molecule has 0 saturated carbocycles. The van der Waals surface area contributed by atoms with E-state index in [4.69, 9.17) is 10.5 Å². The van der Waals surface area contributed by atoms with Crippen molar-refractivity contribution in [3.8, 4) is 12.1 Å². The van der Waals surface area contributed by atoms with Crippen molar-refractivity contribution in [3.05, 3.63) is 12.5 Å². The van der Waals surface area contributed by atoms with Crippen LogP contribution in [-0.4, -0.2) is 35.4 Å². The van der Waals surface area contributed by atoms with Gasteiger partial charge in [0.1, 0.15) is 0 Å². The van der Waals surface area contributed by atoms with Crippen molar-refractivity contribution < 1.29 is 8.42 Å². The Morgan fingerprint density at radius 1 is 1.33 bits per heavy atom. The number of rotatable bonds is 6. The molecule has 0 aromatic carbocycles. The maximum atomic E-state index is 12.2. The Bertz CT molecular complexity index is 560. The summed E-state index contributed by atoms with van der Waals surface area (Å²) in [6, 6.07) is 3.78. The van der Waals surface area contributed by atoms with Crippen LogP contribution in [-0.2, 0) is 17.1 Å².